The van der Waals surface area contributed by atoms with E-state index in [4.69, 9.17) is 0 Å². The molecule has 0 aromatic carbocycles. The van der Waals surface area contributed by atoms with Gasteiger partial charge in [-0.15, -0.1) is 0 Å². The third-order valence-corrected chi connectivity index (χ3v) is 2.60. The SMILES string of the molecule is CC1=NC2CC(C=N1)C2C. The summed E-state index contributed by atoms with van der Waals surface area (Å²) < 4.78 is 0. The van der Waals surface area contributed by atoms with E-state index in [1.807, 2.05) is 6.92 Å². The minimum Gasteiger partial charge on any atom is -0.267 e. The number of nitrogens with zero attached hydrogens (tertiary/aromatic N) is 2. The highest BCUT2D eigenvalue weighted by molar-refractivity contribution is 5.90. The van der Waals surface area contributed by atoms with E-state index in [1.54, 1.807) is 0 Å². The molecule has 2 aliphatic heterocycles. The van der Waals surface area contributed by atoms with Gasteiger partial charge in [0, 0.05) is 12.1 Å². The third kappa shape index (κ3) is 0.713. The predicted octanol–water partition coefficient (Wildman–Crippen LogP) is 1.51. The van der Waals surface area contributed by atoms with Crippen LogP contribution in [0.2, 0.25) is 0 Å². The van der Waals surface area contributed by atoms with Crippen molar-refractivity contribution in [3.63, 3.8) is 0 Å². The minimum atomic E-state index is 0.576. The molecule has 1 aliphatic carbocycles. The van der Waals surface area contributed by atoms with Gasteiger partial charge in [-0.1, -0.05) is 6.92 Å². The van der Waals surface area contributed by atoms with Gasteiger partial charge in [0.15, 0.2) is 0 Å². The Bertz CT molecular complexity index is 205. The molecule has 10 heavy (non-hydrogen) atoms. The summed E-state index contributed by atoms with van der Waals surface area (Å²) in [7, 11) is 0. The van der Waals surface area contributed by atoms with Crippen molar-refractivity contribution in [1.29, 1.82) is 0 Å². The smallest absolute Gasteiger partial charge is 0.119 e. The maximum absolute atomic E-state index is 4.44. The maximum atomic E-state index is 4.44. The van der Waals surface area contributed by atoms with Crippen molar-refractivity contribution in [2.24, 2.45) is 21.8 Å². The van der Waals surface area contributed by atoms with Gasteiger partial charge in [-0.05, 0) is 19.3 Å². The molecule has 0 N–H and O–H groups in total. The molecule has 54 valence electrons. The third-order valence-electron chi connectivity index (χ3n) is 2.60. The van der Waals surface area contributed by atoms with E-state index < -0.39 is 0 Å². The van der Waals surface area contributed by atoms with E-state index >= 15 is 0 Å². The average Bonchev–Trinajstić information content (AvgIpc) is 2.17. The van der Waals surface area contributed by atoms with Gasteiger partial charge in [0.1, 0.15) is 5.84 Å². The van der Waals surface area contributed by atoms with E-state index in [2.05, 4.69) is 23.1 Å². The van der Waals surface area contributed by atoms with Crippen molar-refractivity contribution in [2.75, 3.05) is 0 Å². The average molecular weight is 136 g/mol. The summed E-state index contributed by atoms with van der Waals surface area (Å²) in [5.41, 5.74) is 0. The van der Waals surface area contributed by atoms with Gasteiger partial charge in [0.05, 0.1) is 6.04 Å². The molecular weight excluding hydrogens is 124 g/mol. The highest BCUT2D eigenvalue weighted by Gasteiger charge is 2.37. The molecule has 0 aromatic heterocycles. The lowest BCUT2D eigenvalue weighted by Crippen LogP contribution is -2.37. The fraction of sp³-hybridized carbons (Fsp3) is 0.750. The summed E-state index contributed by atoms with van der Waals surface area (Å²) in [5, 5.41) is 0. The number of fused-ring (bicyclic) bond motifs is 1. The lowest BCUT2D eigenvalue weighted by molar-refractivity contribution is 0.228. The van der Waals surface area contributed by atoms with E-state index in [-0.39, 0.29) is 0 Å². The number of rotatable bonds is 0. The van der Waals surface area contributed by atoms with Gasteiger partial charge in [-0.2, -0.15) is 0 Å². The molecular formula is C8H12N2. The molecule has 3 aliphatic rings. The molecule has 2 heterocycles. The first kappa shape index (κ1) is 6.08. The fourth-order valence-corrected chi connectivity index (χ4v) is 1.64. The first-order chi connectivity index (χ1) is 4.77. The molecule has 3 rings (SSSR count). The Morgan fingerprint density at radius 2 is 2.40 bits per heavy atom. The van der Waals surface area contributed by atoms with Crippen LogP contribution in [0, 0.1) is 11.8 Å². The second-order valence-electron chi connectivity index (χ2n) is 3.28. The van der Waals surface area contributed by atoms with Crippen LogP contribution in [0.5, 0.6) is 0 Å². The maximum Gasteiger partial charge on any atom is 0.119 e. The molecule has 0 amide bonds. The van der Waals surface area contributed by atoms with E-state index in [1.165, 1.54) is 6.42 Å². The van der Waals surface area contributed by atoms with Crippen LogP contribution in [0.3, 0.4) is 0 Å². The summed E-state index contributed by atoms with van der Waals surface area (Å²) in [6.45, 7) is 4.23. The lowest BCUT2D eigenvalue weighted by Gasteiger charge is -2.36. The van der Waals surface area contributed by atoms with Gasteiger partial charge in [-0.25, -0.2) is 4.99 Å². The van der Waals surface area contributed by atoms with Gasteiger partial charge in [0.2, 0.25) is 0 Å². The standard InChI is InChI=1S/C8H12N2/c1-5-7-3-8(5)10-6(2)9-4-7/h4-5,7-8H,3H2,1-2H3. The number of aliphatic imine (C=N–C) groups is 2. The summed E-state index contributed by atoms with van der Waals surface area (Å²) in [6.07, 6.45) is 3.29. The lowest BCUT2D eigenvalue weighted by atomic mass is 9.71. The Balaban J connectivity index is 2.26. The molecule has 3 atom stereocenters. The van der Waals surface area contributed by atoms with Crippen LogP contribution < -0.4 is 0 Å². The Labute approximate surface area is 61.1 Å². The zero-order valence-electron chi connectivity index (χ0n) is 6.41. The van der Waals surface area contributed by atoms with Gasteiger partial charge in [-0.3, -0.25) is 4.99 Å². The molecule has 3 unspecified atom stereocenters. The van der Waals surface area contributed by atoms with E-state index in [0.717, 1.165) is 11.8 Å². The Hall–Kier alpha value is -0.660. The summed E-state index contributed by atoms with van der Waals surface area (Å²) >= 11 is 0. The van der Waals surface area contributed by atoms with Crippen LogP contribution in [0.4, 0.5) is 0 Å². The number of amidine groups is 1. The normalized spacial score (nSPS) is 43.8. The van der Waals surface area contributed by atoms with Crippen molar-refractivity contribution in [1.82, 2.24) is 0 Å². The predicted molar refractivity (Wildman–Crippen MR) is 42.7 cm³/mol. The van der Waals surface area contributed by atoms with Crippen LogP contribution in [-0.4, -0.2) is 18.1 Å². The Morgan fingerprint density at radius 1 is 1.60 bits per heavy atom. The number of hydrogen-bond acceptors (Lipinski definition) is 2. The highest BCUT2D eigenvalue weighted by atomic mass is 15.0. The van der Waals surface area contributed by atoms with Gasteiger partial charge < -0.3 is 0 Å². The molecule has 0 aromatic rings. The van der Waals surface area contributed by atoms with E-state index in [9.17, 15) is 0 Å². The fourth-order valence-electron chi connectivity index (χ4n) is 1.64. The quantitative estimate of drug-likeness (QED) is 0.482. The van der Waals surface area contributed by atoms with Crippen molar-refractivity contribution in [3.8, 4) is 0 Å². The first-order valence-electron chi connectivity index (χ1n) is 3.86. The zero-order chi connectivity index (χ0) is 7.14. The molecule has 0 spiro atoms. The van der Waals surface area contributed by atoms with Crippen molar-refractivity contribution < 1.29 is 0 Å². The van der Waals surface area contributed by atoms with E-state index in [0.29, 0.717) is 12.0 Å². The second kappa shape index (κ2) is 1.91. The van der Waals surface area contributed by atoms with Crippen LogP contribution >= 0.6 is 0 Å². The van der Waals surface area contributed by atoms with Crippen molar-refractivity contribution in [2.45, 2.75) is 26.3 Å². The molecule has 0 radical (unpaired) electrons. The summed E-state index contributed by atoms with van der Waals surface area (Å²) in [4.78, 5) is 8.66. The largest absolute Gasteiger partial charge is 0.267 e. The molecule has 2 heteroatoms. The van der Waals surface area contributed by atoms with Crippen molar-refractivity contribution >= 4 is 12.1 Å². The molecule has 0 saturated heterocycles. The monoisotopic (exact) mass is 136 g/mol. The molecule has 2 bridgehead atoms. The Morgan fingerprint density at radius 3 is 3.10 bits per heavy atom. The van der Waals surface area contributed by atoms with Crippen LogP contribution in [0.15, 0.2) is 9.98 Å². The highest BCUT2D eigenvalue weighted by Crippen LogP contribution is 2.36. The minimum absolute atomic E-state index is 0.576. The van der Waals surface area contributed by atoms with Crippen LogP contribution in [-0.2, 0) is 0 Å². The topological polar surface area (TPSA) is 24.7 Å². The van der Waals surface area contributed by atoms with Crippen molar-refractivity contribution in [3.05, 3.63) is 0 Å². The summed E-state index contributed by atoms with van der Waals surface area (Å²) in [6, 6.07) is 0.576. The van der Waals surface area contributed by atoms with Crippen LogP contribution in [0.1, 0.15) is 20.3 Å². The first-order valence-corrected chi connectivity index (χ1v) is 3.86. The summed E-state index contributed by atoms with van der Waals surface area (Å²) in [5.74, 6) is 2.41. The zero-order valence-corrected chi connectivity index (χ0v) is 6.41. The van der Waals surface area contributed by atoms with Gasteiger partial charge >= 0.3 is 0 Å². The van der Waals surface area contributed by atoms with Crippen LogP contribution in [0.25, 0.3) is 0 Å². The molecule has 2 nitrogen and oxygen atoms in total. The Kier molecular flexibility index (Phi) is 1.16. The molecule has 1 fully saturated rings. The second-order valence-corrected chi connectivity index (χ2v) is 3.28. The number of hydrogen-bond donors (Lipinski definition) is 0. The molecule has 1 saturated carbocycles. The van der Waals surface area contributed by atoms with Gasteiger partial charge in [0.25, 0.3) is 0 Å².